The molecule has 0 amide bonds. The molecular weight excluding hydrogens is 324 g/mol. The van der Waals surface area contributed by atoms with Gasteiger partial charge in [0.25, 0.3) is 0 Å². The number of rotatable bonds is 4. The molecule has 4 rings (SSSR count). The van der Waals surface area contributed by atoms with E-state index in [1.54, 1.807) is 11.8 Å². The summed E-state index contributed by atoms with van der Waals surface area (Å²) in [7, 11) is 0. The zero-order valence-electron chi connectivity index (χ0n) is 13.8. The topological polar surface area (TPSA) is 16.1 Å². The Bertz CT molecular complexity index is 903. The highest BCUT2D eigenvalue weighted by Crippen LogP contribution is 2.50. The van der Waals surface area contributed by atoms with Gasteiger partial charge in [-0.2, -0.15) is 0 Å². The third-order valence-electron chi connectivity index (χ3n) is 4.18. The molecule has 3 aromatic rings. The van der Waals surface area contributed by atoms with E-state index in [2.05, 4.69) is 89.3 Å². The first-order valence-electron chi connectivity index (χ1n) is 8.21. The number of nitrogens with zero attached hydrogens (tertiary/aromatic N) is 2. The minimum Gasteiger partial charge on any atom is -0.330 e. The van der Waals surface area contributed by atoms with Crippen molar-refractivity contribution in [1.29, 1.82) is 0 Å². The largest absolute Gasteiger partial charge is 0.330 e. The van der Waals surface area contributed by atoms with Gasteiger partial charge in [-0.05, 0) is 28.8 Å². The van der Waals surface area contributed by atoms with Crippen LogP contribution in [0.2, 0.25) is 0 Å². The first kappa shape index (κ1) is 15.7. The quantitative estimate of drug-likeness (QED) is 0.611. The summed E-state index contributed by atoms with van der Waals surface area (Å²) in [5, 5.41) is 1.05. The van der Waals surface area contributed by atoms with Gasteiger partial charge in [0.05, 0.1) is 10.7 Å². The number of thioether (sulfide) groups is 1. The molecule has 0 saturated heterocycles. The third kappa shape index (κ3) is 3.24. The Balaban J connectivity index is 1.82. The molecule has 25 heavy (non-hydrogen) atoms. The Kier molecular flexibility index (Phi) is 4.40. The summed E-state index contributed by atoms with van der Waals surface area (Å²) in [6.07, 6.45) is 3.68. The van der Waals surface area contributed by atoms with Crippen molar-refractivity contribution in [1.82, 2.24) is 9.88 Å². The Labute approximate surface area is 152 Å². The fourth-order valence-corrected chi connectivity index (χ4v) is 4.05. The van der Waals surface area contributed by atoms with Gasteiger partial charge in [0.2, 0.25) is 0 Å². The summed E-state index contributed by atoms with van der Waals surface area (Å²) in [6, 6.07) is 25.2. The molecule has 1 aliphatic rings. The van der Waals surface area contributed by atoms with Crippen LogP contribution >= 0.6 is 11.8 Å². The lowest BCUT2D eigenvalue weighted by Gasteiger charge is -2.23. The summed E-state index contributed by atoms with van der Waals surface area (Å²) in [5.41, 5.74) is 4.88. The molecule has 0 saturated carbocycles. The molecule has 0 fully saturated rings. The Morgan fingerprint density at radius 1 is 0.800 bits per heavy atom. The molecule has 2 heterocycles. The molecule has 0 bridgehead atoms. The molecular formula is C22H18N2S. The molecule has 0 aliphatic carbocycles. The molecule has 2 aromatic carbocycles. The summed E-state index contributed by atoms with van der Waals surface area (Å²) in [5.74, 6) is 0. The van der Waals surface area contributed by atoms with E-state index in [1.165, 1.54) is 27.3 Å². The Morgan fingerprint density at radius 3 is 2.04 bits per heavy atom. The monoisotopic (exact) mass is 342 g/mol. The lowest BCUT2D eigenvalue weighted by Crippen LogP contribution is -2.16. The van der Waals surface area contributed by atoms with E-state index in [4.69, 9.17) is 0 Å². The maximum absolute atomic E-state index is 4.31. The van der Waals surface area contributed by atoms with Gasteiger partial charge >= 0.3 is 0 Å². The van der Waals surface area contributed by atoms with Gasteiger partial charge in [0.1, 0.15) is 0 Å². The maximum Gasteiger partial charge on any atom is 0.0731 e. The predicted octanol–water partition coefficient (Wildman–Crippen LogP) is 5.63. The number of hydrogen-bond acceptors (Lipinski definition) is 3. The molecule has 2 nitrogen and oxygen atoms in total. The zero-order chi connectivity index (χ0) is 17.1. The average molecular weight is 342 g/mol. The van der Waals surface area contributed by atoms with Crippen molar-refractivity contribution in [3.05, 3.63) is 113 Å². The van der Waals surface area contributed by atoms with Crippen LogP contribution in [0.1, 0.15) is 16.7 Å². The molecule has 1 aromatic heterocycles. The Hall–Kier alpha value is -2.78. The van der Waals surface area contributed by atoms with Crippen LogP contribution in [0, 0.1) is 0 Å². The van der Waals surface area contributed by atoms with Gasteiger partial charge in [0, 0.05) is 23.8 Å². The molecule has 0 unspecified atom stereocenters. The van der Waals surface area contributed by atoms with Crippen molar-refractivity contribution in [3.8, 4) is 0 Å². The van der Waals surface area contributed by atoms with E-state index in [0.29, 0.717) is 0 Å². The normalized spacial score (nSPS) is 14.2. The van der Waals surface area contributed by atoms with Crippen LogP contribution in [0.5, 0.6) is 0 Å². The summed E-state index contributed by atoms with van der Waals surface area (Å²) >= 11 is 1.74. The van der Waals surface area contributed by atoms with Gasteiger partial charge in [-0.3, -0.25) is 4.98 Å². The van der Waals surface area contributed by atoms with Gasteiger partial charge in [-0.1, -0.05) is 79.0 Å². The molecule has 122 valence electrons. The standard InChI is InChI=1S/C22H18N2S/c1-17-24(16-18-12-14-23-15-13-18)21(19-8-4-2-5-9-19)22(25-17)20-10-6-3-7-11-20/h2-15H,1,16H2. The van der Waals surface area contributed by atoms with Crippen LogP contribution in [0.3, 0.4) is 0 Å². The van der Waals surface area contributed by atoms with Crippen molar-refractivity contribution in [3.63, 3.8) is 0 Å². The average Bonchev–Trinajstić information content (AvgIpc) is 3.00. The molecule has 0 spiro atoms. The van der Waals surface area contributed by atoms with Crippen LogP contribution in [0.15, 0.2) is 96.8 Å². The first-order chi connectivity index (χ1) is 12.3. The highest BCUT2D eigenvalue weighted by Gasteiger charge is 2.28. The lowest BCUT2D eigenvalue weighted by molar-refractivity contribution is 0.522. The van der Waals surface area contributed by atoms with E-state index >= 15 is 0 Å². The van der Waals surface area contributed by atoms with E-state index < -0.39 is 0 Å². The van der Waals surface area contributed by atoms with Crippen LogP contribution in [0.25, 0.3) is 10.6 Å². The van der Waals surface area contributed by atoms with Crippen molar-refractivity contribution < 1.29 is 0 Å². The van der Waals surface area contributed by atoms with Crippen molar-refractivity contribution in [2.24, 2.45) is 0 Å². The molecule has 0 radical (unpaired) electrons. The van der Waals surface area contributed by atoms with Crippen LogP contribution in [-0.4, -0.2) is 9.88 Å². The molecule has 1 aliphatic heterocycles. The molecule has 0 N–H and O–H groups in total. The predicted molar refractivity (Wildman–Crippen MR) is 106 cm³/mol. The second-order valence-corrected chi connectivity index (χ2v) is 6.93. The van der Waals surface area contributed by atoms with E-state index in [0.717, 1.165) is 11.6 Å². The van der Waals surface area contributed by atoms with E-state index in [-0.39, 0.29) is 0 Å². The number of aromatic nitrogens is 1. The zero-order valence-corrected chi connectivity index (χ0v) is 14.6. The summed E-state index contributed by atoms with van der Waals surface area (Å²) in [6.45, 7) is 5.10. The fraction of sp³-hybridized carbons (Fsp3) is 0.0455. The minimum absolute atomic E-state index is 0.787. The SMILES string of the molecule is C=C1SC(c2ccccc2)=C(c2ccccc2)N1Cc1ccncc1. The second kappa shape index (κ2) is 6.99. The number of benzene rings is 2. The van der Waals surface area contributed by atoms with Gasteiger partial charge in [-0.25, -0.2) is 0 Å². The third-order valence-corrected chi connectivity index (χ3v) is 5.27. The summed E-state index contributed by atoms with van der Waals surface area (Å²) < 4.78 is 0. The lowest BCUT2D eigenvalue weighted by atomic mass is 10.1. The smallest absolute Gasteiger partial charge is 0.0731 e. The minimum atomic E-state index is 0.787. The van der Waals surface area contributed by atoms with Crippen LogP contribution in [-0.2, 0) is 6.54 Å². The fourth-order valence-electron chi connectivity index (χ4n) is 2.97. The van der Waals surface area contributed by atoms with E-state index in [1.807, 2.05) is 12.4 Å². The van der Waals surface area contributed by atoms with Gasteiger partial charge in [0.15, 0.2) is 0 Å². The van der Waals surface area contributed by atoms with Crippen molar-refractivity contribution in [2.75, 3.05) is 0 Å². The molecule has 3 heteroatoms. The van der Waals surface area contributed by atoms with Gasteiger partial charge in [-0.15, -0.1) is 0 Å². The van der Waals surface area contributed by atoms with Crippen molar-refractivity contribution >= 4 is 22.4 Å². The van der Waals surface area contributed by atoms with Crippen LogP contribution in [0.4, 0.5) is 0 Å². The highest BCUT2D eigenvalue weighted by atomic mass is 32.2. The number of hydrogen-bond donors (Lipinski definition) is 0. The number of pyridine rings is 1. The second-order valence-electron chi connectivity index (χ2n) is 5.85. The Morgan fingerprint density at radius 2 is 1.40 bits per heavy atom. The van der Waals surface area contributed by atoms with Crippen LogP contribution < -0.4 is 0 Å². The van der Waals surface area contributed by atoms with Crippen molar-refractivity contribution in [2.45, 2.75) is 6.54 Å². The summed E-state index contributed by atoms with van der Waals surface area (Å²) in [4.78, 5) is 7.68. The highest BCUT2D eigenvalue weighted by molar-refractivity contribution is 8.12. The first-order valence-corrected chi connectivity index (χ1v) is 9.03. The van der Waals surface area contributed by atoms with Gasteiger partial charge < -0.3 is 4.90 Å². The molecule has 0 atom stereocenters. The maximum atomic E-state index is 4.31. The van der Waals surface area contributed by atoms with E-state index in [9.17, 15) is 0 Å².